The molecule has 6 nitrogen and oxygen atoms in total. The topological polar surface area (TPSA) is 86.7 Å². The zero-order valence-corrected chi connectivity index (χ0v) is 7.98. The van der Waals surface area contributed by atoms with Gasteiger partial charge in [0.2, 0.25) is 11.8 Å². The SMILES string of the molecule is CC(=O)N1C(=O)C(CO)NC(=O)C1C. The Kier molecular flexibility index (Phi) is 2.85. The highest BCUT2D eigenvalue weighted by Crippen LogP contribution is 2.09. The van der Waals surface area contributed by atoms with Gasteiger partial charge in [0.25, 0.3) is 5.91 Å². The van der Waals surface area contributed by atoms with Crippen LogP contribution in [-0.4, -0.2) is 46.4 Å². The Morgan fingerprint density at radius 2 is 2.14 bits per heavy atom. The summed E-state index contributed by atoms with van der Waals surface area (Å²) in [6.07, 6.45) is 0. The normalized spacial score (nSPS) is 27.5. The number of carbonyl (C=O) groups excluding carboxylic acids is 3. The van der Waals surface area contributed by atoms with Gasteiger partial charge in [-0.15, -0.1) is 0 Å². The first-order chi connectivity index (χ1) is 6.49. The second-order valence-corrected chi connectivity index (χ2v) is 3.15. The highest BCUT2D eigenvalue weighted by Gasteiger charge is 2.39. The number of piperazine rings is 1. The van der Waals surface area contributed by atoms with Gasteiger partial charge in [0.05, 0.1) is 6.61 Å². The Morgan fingerprint density at radius 3 is 2.57 bits per heavy atom. The zero-order chi connectivity index (χ0) is 10.9. The number of nitrogens with zero attached hydrogens (tertiary/aromatic N) is 1. The molecule has 0 aromatic rings. The number of hydrogen-bond donors (Lipinski definition) is 2. The Hall–Kier alpha value is -1.43. The molecule has 0 bridgehead atoms. The average molecular weight is 200 g/mol. The van der Waals surface area contributed by atoms with E-state index in [0.717, 1.165) is 4.90 Å². The Morgan fingerprint density at radius 1 is 1.57 bits per heavy atom. The fourth-order valence-corrected chi connectivity index (χ4v) is 1.38. The van der Waals surface area contributed by atoms with Crippen molar-refractivity contribution >= 4 is 17.7 Å². The maximum absolute atomic E-state index is 11.5. The lowest BCUT2D eigenvalue weighted by Crippen LogP contribution is -2.64. The minimum Gasteiger partial charge on any atom is -0.394 e. The summed E-state index contributed by atoms with van der Waals surface area (Å²) in [4.78, 5) is 34.7. The number of amides is 3. The molecule has 78 valence electrons. The predicted molar refractivity (Wildman–Crippen MR) is 46.0 cm³/mol. The van der Waals surface area contributed by atoms with Crippen LogP contribution in [0.25, 0.3) is 0 Å². The summed E-state index contributed by atoms with van der Waals surface area (Å²) in [5.41, 5.74) is 0. The highest BCUT2D eigenvalue weighted by molar-refractivity contribution is 6.05. The molecule has 6 heteroatoms. The molecule has 14 heavy (non-hydrogen) atoms. The molecule has 0 aliphatic carbocycles. The maximum Gasteiger partial charge on any atom is 0.254 e. The highest BCUT2D eigenvalue weighted by atomic mass is 16.3. The van der Waals surface area contributed by atoms with Gasteiger partial charge in [0.15, 0.2) is 0 Å². The maximum atomic E-state index is 11.5. The molecule has 2 unspecified atom stereocenters. The summed E-state index contributed by atoms with van der Waals surface area (Å²) >= 11 is 0. The number of carbonyl (C=O) groups is 3. The molecule has 1 fully saturated rings. The first-order valence-corrected chi connectivity index (χ1v) is 4.24. The summed E-state index contributed by atoms with van der Waals surface area (Å²) in [6, 6.07) is -1.80. The van der Waals surface area contributed by atoms with Crippen LogP contribution in [-0.2, 0) is 14.4 Å². The van der Waals surface area contributed by atoms with Crippen molar-refractivity contribution in [3.05, 3.63) is 0 Å². The third-order valence-corrected chi connectivity index (χ3v) is 2.14. The van der Waals surface area contributed by atoms with Crippen LogP contribution in [0.1, 0.15) is 13.8 Å². The summed E-state index contributed by atoms with van der Waals surface area (Å²) in [5, 5.41) is 11.1. The van der Waals surface area contributed by atoms with Crippen molar-refractivity contribution in [2.75, 3.05) is 6.61 Å². The minimum atomic E-state index is -0.998. The van der Waals surface area contributed by atoms with Crippen LogP contribution in [0.15, 0.2) is 0 Å². The first-order valence-electron chi connectivity index (χ1n) is 4.24. The lowest BCUT2D eigenvalue weighted by molar-refractivity contribution is -0.157. The van der Waals surface area contributed by atoms with Gasteiger partial charge < -0.3 is 10.4 Å². The molecule has 1 saturated heterocycles. The van der Waals surface area contributed by atoms with Gasteiger partial charge in [-0.2, -0.15) is 0 Å². The lowest BCUT2D eigenvalue weighted by atomic mass is 10.1. The van der Waals surface area contributed by atoms with Crippen molar-refractivity contribution in [1.82, 2.24) is 10.2 Å². The van der Waals surface area contributed by atoms with Crippen molar-refractivity contribution in [2.45, 2.75) is 25.9 Å². The molecule has 0 aromatic heterocycles. The largest absolute Gasteiger partial charge is 0.394 e. The van der Waals surface area contributed by atoms with Crippen molar-refractivity contribution in [3.8, 4) is 0 Å². The second kappa shape index (κ2) is 3.75. The van der Waals surface area contributed by atoms with E-state index in [4.69, 9.17) is 5.11 Å². The van der Waals surface area contributed by atoms with Crippen LogP contribution in [0.2, 0.25) is 0 Å². The number of hydrogen-bond acceptors (Lipinski definition) is 4. The van der Waals surface area contributed by atoms with E-state index >= 15 is 0 Å². The second-order valence-electron chi connectivity index (χ2n) is 3.15. The average Bonchev–Trinajstić information content (AvgIpc) is 2.11. The number of rotatable bonds is 1. The van der Waals surface area contributed by atoms with E-state index in [2.05, 4.69) is 5.32 Å². The van der Waals surface area contributed by atoms with E-state index in [-0.39, 0.29) is 0 Å². The van der Waals surface area contributed by atoms with Crippen molar-refractivity contribution in [2.24, 2.45) is 0 Å². The van der Waals surface area contributed by atoms with Gasteiger partial charge in [-0.3, -0.25) is 19.3 Å². The smallest absolute Gasteiger partial charge is 0.254 e. The van der Waals surface area contributed by atoms with E-state index < -0.39 is 36.4 Å². The molecule has 0 radical (unpaired) electrons. The van der Waals surface area contributed by atoms with Gasteiger partial charge in [-0.25, -0.2) is 0 Å². The van der Waals surface area contributed by atoms with Crippen molar-refractivity contribution in [1.29, 1.82) is 0 Å². The minimum absolute atomic E-state index is 0.432. The van der Waals surface area contributed by atoms with E-state index in [1.807, 2.05) is 0 Å². The first kappa shape index (κ1) is 10.6. The predicted octanol–water partition coefficient (Wildman–Crippen LogP) is -1.76. The number of aliphatic hydroxyl groups is 1. The fourth-order valence-electron chi connectivity index (χ4n) is 1.38. The zero-order valence-electron chi connectivity index (χ0n) is 7.98. The summed E-state index contributed by atoms with van der Waals surface area (Å²) in [5.74, 6) is -1.48. The van der Waals surface area contributed by atoms with Gasteiger partial charge in [0.1, 0.15) is 12.1 Å². The van der Waals surface area contributed by atoms with Gasteiger partial charge in [-0.1, -0.05) is 0 Å². The quantitative estimate of drug-likeness (QED) is 0.525. The van der Waals surface area contributed by atoms with Gasteiger partial charge in [0, 0.05) is 6.92 Å². The summed E-state index contributed by atoms with van der Waals surface area (Å²) in [7, 11) is 0. The van der Waals surface area contributed by atoms with E-state index in [0.29, 0.717) is 0 Å². The van der Waals surface area contributed by atoms with E-state index in [1.54, 1.807) is 0 Å². The Balaban J connectivity index is 2.95. The van der Waals surface area contributed by atoms with Gasteiger partial charge >= 0.3 is 0 Å². The standard InChI is InChI=1S/C8H12N2O4/c1-4-7(13)9-6(3-11)8(14)10(4)5(2)12/h4,6,11H,3H2,1-2H3,(H,9,13). The van der Waals surface area contributed by atoms with Crippen LogP contribution in [0.4, 0.5) is 0 Å². The molecule has 1 heterocycles. The van der Waals surface area contributed by atoms with E-state index in [1.165, 1.54) is 13.8 Å². The molecular weight excluding hydrogens is 188 g/mol. The Bertz CT molecular complexity index is 289. The summed E-state index contributed by atoms with van der Waals surface area (Å²) < 4.78 is 0. The van der Waals surface area contributed by atoms with Crippen LogP contribution >= 0.6 is 0 Å². The number of imide groups is 1. The Labute approximate surface area is 80.9 Å². The van der Waals surface area contributed by atoms with Crippen LogP contribution in [0.3, 0.4) is 0 Å². The number of nitrogens with one attached hydrogen (secondary N) is 1. The van der Waals surface area contributed by atoms with Crippen molar-refractivity contribution in [3.63, 3.8) is 0 Å². The molecule has 0 aromatic carbocycles. The third kappa shape index (κ3) is 1.60. The van der Waals surface area contributed by atoms with Crippen LogP contribution in [0.5, 0.6) is 0 Å². The molecular formula is C8H12N2O4. The molecule has 2 N–H and O–H groups in total. The molecule has 0 spiro atoms. The van der Waals surface area contributed by atoms with E-state index in [9.17, 15) is 14.4 Å². The fraction of sp³-hybridized carbons (Fsp3) is 0.625. The lowest BCUT2D eigenvalue weighted by Gasteiger charge is -2.34. The molecule has 0 saturated carbocycles. The van der Waals surface area contributed by atoms with Crippen LogP contribution < -0.4 is 5.32 Å². The molecule has 3 amide bonds. The molecule has 1 rings (SSSR count). The molecule has 1 aliphatic heterocycles. The van der Waals surface area contributed by atoms with Crippen LogP contribution in [0, 0.1) is 0 Å². The molecule has 2 atom stereocenters. The molecule has 1 aliphatic rings. The summed E-state index contributed by atoms with van der Waals surface area (Å²) in [6.45, 7) is 2.17. The third-order valence-electron chi connectivity index (χ3n) is 2.14. The van der Waals surface area contributed by atoms with Crippen molar-refractivity contribution < 1.29 is 19.5 Å². The van der Waals surface area contributed by atoms with Gasteiger partial charge in [-0.05, 0) is 6.92 Å². The monoisotopic (exact) mass is 200 g/mol. The number of aliphatic hydroxyl groups excluding tert-OH is 1.